The summed E-state index contributed by atoms with van der Waals surface area (Å²) in [6.07, 6.45) is 6.14. The van der Waals surface area contributed by atoms with Crippen LogP contribution in [0.15, 0.2) is 48.9 Å². The first-order chi connectivity index (χ1) is 12.8. The highest BCUT2D eigenvalue weighted by Crippen LogP contribution is 2.37. The second kappa shape index (κ2) is 6.06. The Morgan fingerprint density at radius 3 is 3.08 bits per heavy atom. The van der Waals surface area contributed by atoms with E-state index in [1.54, 1.807) is 23.0 Å². The molecule has 6 nitrogen and oxygen atoms in total. The van der Waals surface area contributed by atoms with E-state index < -0.39 is 0 Å². The molecule has 1 aromatic carbocycles. The summed E-state index contributed by atoms with van der Waals surface area (Å²) in [7, 11) is 0. The predicted octanol–water partition coefficient (Wildman–Crippen LogP) is 3.93. The van der Waals surface area contributed by atoms with Crippen LogP contribution in [0.4, 0.5) is 9.52 Å². The SMILES string of the molecule is Fc1cccc2c1OCC[C@@H]2Nc1nn2cc(-c3cccnc3)nc2s1. The van der Waals surface area contributed by atoms with Crippen LogP contribution in [-0.2, 0) is 0 Å². The van der Waals surface area contributed by atoms with Gasteiger partial charge in [-0.25, -0.2) is 13.9 Å². The van der Waals surface area contributed by atoms with Crippen LogP contribution in [-0.4, -0.2) is 26.2 Å². The molecule has 8 heteroatoms. The Morgan fingerprint density at radius 1 is 1.27 bits per heavy atom. The van der Waals surface area contributed by atoms with Crippen LogP contribution in [0.5, 0.6) is 5.75 Å². The Bertz CT molecular complexity index is 1050. The first-order valence-electron chi connectivity index (χ1n) is 8.22. The van der Waals surface area contributed by atoms with E-state index in [2.05, 4.69) is 20.4 Å². The Kier molecular flexibility index (Phi) is 3.56. The molecule has 4 aromatic rings. The largest absolute Gasteiger partial charge is 0.490 e. The standard InChI is InChI=1S/C18H14FN5OS/c19-13-5-1-4-12-14(6-8-25-16(12)13)21-17-23-24-10-15(22-18(24)26-17)11-3-2-7-20-9-11/h1-5,7,9-10,14H,6,8H2,(H,21,23)/t14-/m0/s1. The minimum absolute atomic E-state index is 0.0388. The lowest BCUT2D eigenvalue weighted by atomic mass is 10.0. The Morgan fingerprint density at radius 2 is 2.23 bits per heavy atom. The Labute approximate surface area is 152 Å². The highest BCUT2D eigenvalue weighted by molar-refractivity contribution is 7.20. The summed E-state index contributed by atoms with van der Waals surface area (Å²) in [5.41, 5.74) is 2.61. The smallest absolute Gasteiger partial charge is 0.214 e. The molecule has 0 fully saturated rings. The van der Waals surface area contributed by atoms with E-state index in [9.17, 15) is 4.39 Å². The van der Waals surface area contributed by atoms with Crippen molar-refractivity contribution in [2.24, 2.45) is 0 Å². The van der Waals surface area contributed by atoms with Crippen molar-refractivity contribution in [2.75, 3.05) is 11.9 Å². The number of hydrogen-bond acceptors (Lipinski definition) is 6. The average Bonchev–Trinajstić information content (AvgIpc) is 3.22. The molecule has 0 radical (unpaired) electrons. The second-order valence-corrected chi connectivity index (χ2v) is 6.95. The van der Waals surface area contributed by atoms with Gasteiger partial charge in [-0.2, -0.15) is 0 Å². The van der Waals surface area contributed by atoms with Gasteiger partial charge in [0, 0.05) is 29.9 Å². The van der Waals surface area contributed by atoms with Gasteiger partial charge in [-0.1, -0.05) is 23.5 Å². The molecule has 4 heterocycles. The van der Waals surface area contributed by atoms with Crippen LogP contribution in [0.25, 0.3) is 16.2 Å². The number of pyridine rings is 1. The van der Waals surface area contributed by atoms with Crippen molar-refractivity contribution in [2.45, 2.75) is 12.5 Å². The maximum absolute atomic E-state index is 13.9. The van der Waals surface area contributed by atoms with Crippen molar-refractivity contribution >= 4 is 21.4 Å². The first-order valence-corrected chi connectivity index (χ1v) is 9.04. The number of benzene rings is 1. The molecule has 1 N–H and O–H groups in total. The van der Waals surface area contributed by atoms with E-state index in [-0.39, 0.29) is 11.9 Å². The molecule has 0 bridgehead atoms. The van der Waals surface area contributed by atoms with Gasteiger partial charge in [0.15, 0.2) is 11.6 Å². The van der Waals surface area contributed by atoms with Crippen molar-refractivity contribution in [3.63, 3.8) is 0 Å². The molecule has 0 aliphatic carbocycles. The van der Waals surface area contributed by atoms with E-state index >= 15 is 0 Å². The normalized spacial score (nSPS) is 16.3. The lowest BCUT2D eigenvalue weighted by molar-refractivity contribution is 0.260. The first kappa shape index (κ1) is 15.3. The molecule has 0 unspecified atom stereocenters. The number of rotatable bonds is 3. The van der Waals surface area contributed by atoms with Gasteiger partial charge in [0.1, 0.15) is 0 Å². The molecule has 26 heavy (non-hydrogen) atoms. The highest BCUT2D eigenvalue weighted by Gasteiger charge is 2.25. The fourth-order valence-corrected chi connectivity index (χ4v) is 3.93. The topological polar surface area (TPSA) is 64.3 Å². The zero-order valence-corrected chi connectivity index (χ0v) is 14.4. The fourth-order valence-electron chi connectivity index (χ4n) is 3.10. The van der Waals surface area contributed by atoms with Gasteiger partial charge in [0.2, 0.25) is 10.1 Å². The molecule has 3 aromatic heterocycles. The summed E-state index contributed by atoms with van der Waals surface area (Å²) in [5, 5.41) is 8.68. The van der Waals surface area contributed by atoms with Crippen LogP contribution in [0.1, 0.15) is 18.0 Å². The third kappa shape index (κ3) is 2.59. The minimum atomic E-state index is -0.330. The van der Waals surface area contributed by atoms with E-state index in [4.69, 9.17) is 4.74 Å². The molecular formula is C18H14FN5OS. The number of para-hydroxylation sites is 1. The van der Waals surface area contributed by atoms with Crippen molar-refractivity contribution in [3.8, 4) is 17.0 Å². The van der Waals surface area contributed by atoms with Crippen molar-refractivity contribution in [1.29, 1.82) is 0 Å². The number of anilines is 1. The maximum Gasteiger partial charge on any atom is 0.214 e. The quantitative estimate of drug-likeness (QED) is 0.594. The molecule has 0 spiro atoms. The number of hydrogen-bond donors (Lipinski definition) is 1. The minimum Gasteiger partial charge on any atom is -0.490 e. The molecule has 0 saturated carbocycles. The average molecular weight is 367 g/mol. The molecule has 1 atom stereocenters. The van der Waals surface area contributed by atoms with Gasteiger partial charge in [0.05, 0.1) is 24.5 Å². The zero-order chi connectivity index (χ0) is 17.5. The van der Waals surface area contributed by atoms with Crippen LogP contribution < -0.4 is 10.1 Å². The Hall–Kier alpha value is -3.00. The van der Waals surface area contributed by atoms with Crippen molar-refractivity contribution < 1.29 is 9.13 Å². The van der Waals surface area contributed by atoms with Crippen molar-refractivity contribution in [3.05, 3.63) is 60.3 Å². The van der Waals surface area contributed by atoms with E-state index in [1.807, 2.05) is 24.4 Å². The summed E-state index contributed by atoms with van der Waals surface area (Å²) in [4.78, 5) is 9.52. The maximum atomic E-state index is 13.9. The lowest BCUT2D eigenvalue weighted by Crippen LogP contribution is -2.21. The molecule has 0 amide bonds. The summed E-state index contributed by atoms with van der Waals surface area (Å²) in [5.74, 6) is 0.000464. The lowest BCUT2D eigenvalue weighted by Gasteiger charge is -2.26. The number of ether oxygens (including phenoxy) is 1. The van der Waals surface area contributed by atoms with Gasteiger partial charge in [-0.15, -0.1) is 5.10 Å². The van der Waals surface area contributed by atoms with Gasteiger partial charge in [-0.3, -0.25) is 4.98 Å². The summed E-state index contributed by atoms with van der Waals surface area (Å²) in [6, 6.07) is 8.80. The second-order valence-electron chi connectivity index (χ2n) is 5.99. The summed E-state index contributed by atoms with van der Waals surface area (Å²) < 4.78 is 21.1. The number of aromatic nitrogens is 4. The molecule has 1 aliphatic rings. The Balaban J connectivity index is 1.43. The number of halogens is 1. The van der Waals surface area contributed by atoms with E-state index in [0.717, 1.165) is 33.3 Å². The monoisotopic (exact) mass is 367 g/mol. The number of nitrogens with one attached hydrogen (secondary N) is 1. The molecular weight excluding hydrogens is 353 g/mol. The van der Waals surface area contributed by atoms with Gasteiger partial charge >= 0.3 is 0 Å². The summed E-state index contributed by atoms with van der Waals surface area (Å²) in [6.45, 7) is 0.471. The summed E-state index contributed by atoms with van der Waals surface area (Å²) >= 11 is 1.46. The van der Waals surface area contributed by atoms with E-state index in [0.29, 0.717) is 12.4 Å². The number of imidazole rings is 1. The third-order valence-corrected chi connectivity index (χ3v) is 5.18. The zero-order valence-electron chi connectivity index (χ0n) is 13.6. The van der Waals surface area contributed by atoms with Crippen LogP contribution in [0.2, 0.25) is 0 Å². The van der Waals surface area contributed by atoms with Crippen molar-refractivity contribution in [1.82, 2.24) is 19.6 Å². The molecule has 1 aliphatic heterocycles. The number of nitrogens with zero attached hydrogens (tertiary/aromatic N) is 4. The molecule has 5 rings (SSSR count). The van der Waals surface area contributed by atoms with Crippen LogP contribution in [0, 0.1) is 5.82 Å². The highest BCUT2D eigenvalue weighted by atomic mass is 32.1. The van der Waals surface area contributed by atoms with Gasteiger partial charge < -0.3 is 10.1 Å². The fraction of sp³-hybridized carbons (Fsp3) is 0.167. The van der Waals surface area contributed by atoms with Crippen LogP contribution >= 0.6 is 11.3 Å². The van der Waals surface area contributed by atoms with Gasteiger partial charge in [0.25, 0.3) is 0 Å². The third-order valence-electron chi connectivity index (χ3n) is 4.32. The van der Waals surface area contributed by atoms with Gasteiger partial charge in [-0.05, 0) is 18.2 Å². The molecule has 0 saturated heterocycles. The van der Waals surface area contributed by atoms with E-state index in [1.165, 1.54) is 17.4 Å². The predicted molar refractivity (Wildman–Crippen MR) is 97.0 cm³/mol. The number of fused-ring (bicyclic) bond motifs is 2. The molecule has 130 valence electrons. The van der Waals surface area contributed by atoms with Crippen LogP contribution in [0.3, 0.4) is 0 Å².